The minimum atomic E-state index is 0. The van der Waals surface area contributed by atoms with Gasteiger partial charge in [0, 0.05) is 0 Å². The van der Waals surface area contributed by atoms with Crippen LogP contribution >= 0.6 is 0 Å². The molecule has 0 atom stereocenters. The van der Waals surface area contributed by atoms with Gasteiger partial charge in [-0.2, -0.15) is 5.41 Å². The van der Waals surface area contributed by atoms with Gasteiger partial charge in [0.05, 0.1) is 0 Å². The van der Waals surface area contributed by atoms with Gasteiger partial charge in [0.25, 0.3) is 0 Å². The minimum Gasteiger partial charge on any atom is -1.00 e. The second-order valence-electron chi connectivity index (χ2n) is 3.02. The van der Waals surface area contributed by atoms with Crippen molar-refractivity contribution in [2.45, 2.75) is 32.6 Å². The molecule has 9 heavy (non-hydrogen) atoms. The van der Waals surface area contributed by atoms with Crippen molar-refractivity contribution in [1.82, 2.24) is 0 Å². The minimum absolute atomic E-state index is 0. The summed E-state index contributed by atoms with van der Waals surface area (Å²) in [7, 11) is 0. The molecular weight excluding hydrogens is 276 g/mol. The van der Waals surface area contributed by atoms with E-state index >= 15 is 0 Å². The molecule has 0 aromatic carbocycles. The maximum atomic E-state index is 4.07. The molecule has 1 fully saturated rings. The topological polar surface area (TPSA) is 0 Å². The Bertz CT molecular complexity index is 63.3. The van der Waals surface area contributed by atoms with E-state index in [4.69, 9.17) is 0 Å². The molecule has 0 N–H and O–H groups in total. The molecule has 0 radical (unpaired) electrons. The van der Waals surface area contributed by atoms with Crippen molar-refractivity contribution in [3.63, 3.8) is 0 Å². The van der Waals surface area contributed by atoms with E-state index in [0.717, 1.165) is 0 Å². The first kappa shape index (κ1) is 13.0. The van der Waals surface area contributed by atoms with E-state index in [2.05, 4.69) is 13.8 Å². The molecule has 1 rings (SSSR count). The van der Waals surface area contributed by atoms with Crippen LogP contribution in [-0.2, 0) is 19.5 Å². The summed E-state index contributed by atoms with van der Waals surface area (Å²) in [5, 5.41) is 0. The Morgan fingerprint density at radius 3 is 1.67 bits per heavy atom. The zero-order valence-electron chi connectivity index (χ0n) is 6.12. The summed E-state index contributed by atoms with van der Waals surface area (Å²) in [6.07, 6.45) is 5.49. The van der Waals surface area contributed by atoms with Gasteiger partial charge < -0.3 is 30.9 Å². The summed E-state index contributed by atoms with van der Waals surface area (Å²) >= 11 is 0. The normalized spacial score (nSPS) is 22.0. The smallest absolute Gasteiger partial charge is 1.00 e. The van der Waals surface area contributed by atoms with Crippen molar-refractivity contribution in [2.75, 3.05) is 0 Å². The SMILES string of the molecule is [CH2-]C1(C)CCCC1.[I-].[Zn+2]. The summed E-state index contributed by atoms with van der Waals surface area (Å²) in [6.45, 7) is 6.32. The number of rotatable bonds is 0. The van der Waals surface area contributed by atoms with Crippen LogP contribution in [0.15, 0.2) is 0 Å². The van der Waals surface area contributed by atoms with E-state index in [-0.39, 0.29) is 43.5 Å². The summed E-state index contributed by atoms with van der Waals surface area (Å²) in [6, 6.07) is 0. The molecule has 0 amide bonds. The molecule has 2 heteroatoms. The molecule has 0 bridgehead atoms. The van der Waals surface area contributed by atoms with Crippen molar-refractivity contribution in [3.05, 3.63) is 6.92 Å². The molecular formula is C7H13IZn. The van der Waals surface area contributed by atoms with Gasteiger partial charge in [0.1, 0.15) is 0 Å². The van der Waals surface area contributed by atoms with Gasteiger partial charge in [-0.15, -0.1) is 0 Å². The Labute approximate surface area is 88.0 Å². The van der Waals surface area contributed by atoms with E-state index in [1.165, 1.54) is 25.7 Å². The van der Waals surface area contributed by atoms with Gasteiger partial charge in [-0.3, -0.25) is 0 Å². The molecule has 0 aromatic heterocycles. The van der Waals surface area contributed by atoms with Crippen LogP contribution in [0.1, 0.15) is 32.6 Å². The van der Waals surface area contributed by atoms with E-state index in [0.29, 0.717) is 5.41 Å². The van der Waals surface area contributed by atoms with E-state index < -0.39 is 0 Å². The van der Waals surface area contributed by atoms with Crippen molar-refractivity contribution < 1.29 is 43.5 Å². The summed E-state index contributed by atoms with van der Waals surface area (Å²) in [5.74, 6) is 0. The van der Waals surface area contributed by atoms with Gasteiger partial charge in [0.15, 0.2) is 0 Å². The van der Waals surface area contributed by atoms with Gasteiger partial charge in [-0.25, -0.2) is 0 Å². The zero-order chi connectivity index (χ0) is 5.33. The fourth-order valence-corrected chi connectivity index (χ4v) is 1.23. The molecule has 0 heterocycles. The maximum absolute atomic E-state index is 4.07. The van der Waals surface area contributed by atoms with Crippen molar-refractivity contribution in [3.8, 4) is 0 Å². The molecule has 0 aromatic rings. The second-order valence-corrected chi connectivity index (χ2v) is 3.02. The van der Waals surface area contributed by atoms with Gasteiger partial charge in [0.2, 0.25) is 0 Å². The van der Waals surface area contributed by atoms with E-state index in [9.17, 15) is 0 Å². The quantitative estimate of drug-likeness (QED) is 0.317. The monoisotopic (exact) mass is 288 g/mol. The van der Waals surface area contributed by atoms with Crippen LogP contribution in [0.2, 0.25) is 0 Å². The second kappa shape index (κ2) is 5.06. The molecule has 0 aliphatic heterocycles. The Hall–Kier alpha value is 1.35. The van der Waals surface area contributed by atoms with Crippen molar-refractivity contribution >= 4 is 0 Å². The average Bonchev–Trinajstić information content (AvgIpc) is 1.84. The van der Waals surface area contributed by atoms with Crippen LogP contribution < -0.4 is 24.0 Å². The maximum Gasteiger partial charge on any atom is 2.00 e. The Balaban J connectivity index is 0. The molecule has 1 saturated carbocycles. The molecule has 0 nitrogen and oxygen atoms in total. The summed E-state index contributed by atoms with van der Waals surface area (Å²) in [4.78, 5) is 0. The van der Waals surface area contributed by atoms with Crippen LogP contribution in [-0.4, -0.2) is 0 Å². The van der Waals surface area contributed by atoms with Gasteiger partial charge in [-0.05, 0) is 0 Å². The summed E-state index contributed by atoms with van der Waals surface area (Å²) in [5.41, 5.74) is 0.444. The first-order valence-electron chi connectivity index (χ1n) is 3.06. The van der Waals surface area contributed by atoms with Gasteiger partial charge >= 0.3 is 19.5 Å². The largest absolute Gasteiger partial charge is 2.00 e. The van der Waals surface area contributed by atoms with Crippen molar-refractivity contribution in [1.29, 1.82) is 0 Å². The Morgan fingerprint density at radius 1 is 1.22 bits per heavy atom. The van der Waals surface area contributed by atoms with Crippen LogP contribution in [0.5, 0.6) is 0 Å². The molecule has 1 aliphatic rings. The fourth-order valence-electron chi connectivity index (χ4n) is 1.23. The number of hydrogen-bond donors (Lipinski definition) is 0. The predicted molar refractivity (Wildman–Crippen MR) is 31.9 cm³/mol. The van der Waals surface area contributed by atoms with Crippen molar-refractivity contribution in [2.24, 2.45) is 5.41 Å². The standard InChI is InChI=1S/C7H13.HI.Zn/c1-7(2)5-3-4-6-7;;/h1,3-6H2,2H3;1H;/q-1;;+2/p-1. The van der Waals surface area contributed by atoms with E-state index in [1.54, 1.807) is 0 Å². The van der Waals surface area contributed by atoms with Crippen LogP contribution in [0.3, 0.4) is 0 Å². The van der Waals surface area contributed by atoms with Crippen LogP contribution in [0, 0.1) is 12.3 Å². The first-order chi connectivity index (χ1) is 3.21. The van der Waals surface area contributed by atoms with Crippen LogP contribution in [0.4, 0.5) is 0 Å². The third kappa shape index (κ3) is 4.72. The molecule has 0 spiro atoms. The summed E-state index contributed by atoms with van der Waals surface area (Å²) < 4.78 is 0. The first-order valence-corrected chi connectivity index (χ1v) is 3.06. The van der Waals surface area contributed by atoms with E-state index in [1.807, 2.05) is 0 Å². The third-order valence-corrected chi connectivity index (χ3v) is 1.81. The Morgan fingerprint density at radius 2 is 1.56 bits per heavy atom. The van der Waals surface area contributed by atoms with Gasteiger partial charge in [-0.1, -0.05) is 32.6 Å². The molecule has 1 aliphatic carbocycles. The number of halogens is 1. The average molecular weight is 289 g/mol. The molecule has 0 unspecified atom stereocenters. The Kier molecular flexibility index (Phi) is 7.30. The number of hydrogen-bond acceptors (Lipinski definition) is 0. The fraction of sp³-hybridized carbons (Fsp3) is 0.857. The predicted octanol–water partition coefficient (Wildman–Crippen LogP) is -0.598. The zero-order valence-corrected chi connectivity index (χ0v) is 11.2. The van der Waals surface area contributed by atoms with Crippen LogP contribution in [0.25, 0.3) is 0 Å². The third-order valence-electron chi connectivity index (χ3n) is 1.81. The molecule has 0 saturated heterocycles. The molecule has 50 valence electrons.